The predicted octanol–water partition coefficient (Wildman–Crippen LogP) is 3.79. The van der Waals surface area contributed by atoms with Crippen molar-refractivity contribution >= 4 is 17.6 Å². The van der Waals surface area contributed by atoms with E-state index in [4.69, 9.17) is 4.74 Å². The Morgan fingerprint density at radius 1 is 0.909 bits per heavy atom. The van der Waals surface area contributed by atoms with E-state index in [0.29, 0.717) is 5.56 Å². The summed E-state index contributed by atoms with van der Waals surface area (Å²) in [6.07, 6.45) is 3.88. The zero-order valence-corrected chi connectivity index (χ0v) is 13.9. The highest BCUT2D eigenvalue weighted by Gasteiger charge is 2.39. The van der Waals surface area contributed by atoms with Gasteiger partial charge in [-0.2, -0.15) is 0 Å². The molecule has 0 spiro atoms. The van der Waals surface area contributed by atoms with Gasteiger partial charge in [0.2, 0.25) is 5.78 Å². The zero-order chi connectivity index (χ0) is 16.3. The van der Waals surface area contributed by atoms with E-state index >= 15 is 0 Å². The van der Waals surface area contributed by atoms with E-state index in [9.17, 15) is 9.59 Å². The minimum absolute atomic E-state index is 0.0223. The Bertz CT molecular complexity index is 720. The third-order valence-electron chi connectivity index (χ3n) is 5.20. The van der Waals surface area contributed by atoms with Gasteiger partial charge in [0.25, 0.3) is 5.78 Å². The summed E-state index contributed by atoms with van der Waals surface area (Å²) in [5, 5.41) is 0. The Kier molecular flexibility index (Phi) is 3.10. The van der Waals surface area contributed by atoms with Gasteiger partial charge < -0.3 is 4.74 Å². The van der Waals surface area contributed by atoms with Gasteiger partial charge in [-0.25, -0.2) is 0 Å². The van der Waals surface area contributed by atoms with Gasteiger partial charge in [-0.05, 0) is 52.5 Å². The third-order valence-corrected chi connectivity index (χ3v) is 5.20. The molecule has 1 aromatic rings. The monoisotopic (exact) mass is 298 g/mol. The van der Waals surface area contributed by atoms with Crippen LogP contribution in [-0.4, -0.2) is 18.7 Å². The first kappa shape index (κ1) is 15.0. The van der Waals surface area contributed by atoms with Crippen molar-refractivity contribution in [2.75, 3.05) is 7.11 Å². The number of hydrogen-bond acceptors (Lipinski definition) is 3. The van der Waals surface area contributed by atoms with E-state index in [0.717, 1.165) is 18.4 Å². The van der Waals surface area contributed by atoms with Crippen molar-refractivity contribution in [3.05, 3.63) is 40.1 Å². The highest BCUT2D eigenvalue weighted by Crippen LogP contribution is 2.47. The van der Waals surface area contributed by atoms with Crippen LogP contribution in [0.25, 0.3) is 6.08 Å². The number of methoxy groups -OCH3 is 1. The summed E-state index contributed by atoms with van der Waals surface area (Å²) >= 11 is 0. The standard InChI is InChI=1S/C19H22O3/c1-18(2)6-7-19(3,4)14-10-12-11(8-13(14)18)9-15(22-5)17(21)16(12)20/h8-10H,6-7H2,1-5H3. The first-order chi connectivity index (χ1) is 10.2. The smallest absolute Gasteiger partial charge is 0.267 e. The molecule has 2 aliphatic carbocycles. The molecule has 3 rings (SSSR count). The lowest BCUT2D eigenvalue weighted by atomic mass is 9.62. The van der Waals surface area contributed by atoms with E-state index in [1.165, 1.54) is 18.2 Å². The van der Waals surface area contributed by atoms with Crippen molar-refractivity contribution in [2.45, 2.75) is 51.4 Å². The lowest BCUT2D eigenvalue weighted by molar-refractivity contribution is -0.114. The predicted molar refractivity (Wildman–Crippen MR) is 86.1 cm³/mol. The van der Waals surface area contributed by atoms with Crippen LogP contribution in [0.3, 0.4) is 0 Å². The van der Waals surface area contributed by atoms with Gasteiger partial charge in [-0.1, -0.05) is 33.8 Å². The highest BCUT2D eigenvalue weighted by atomic mass is 16.5. The maximum Gasteiger partial charge on any atom is 0.267 e. The van der Waals surface area contributed by atoms with Crippen molar-refractivity contribution in [3.63, 3.8) is 0 Å². The first-order valence-corrected chi connectivity index (χ1v) is 7.71. The lowest BCUT2D eigenvalue weighted by Crippen LogP contribution is -2.35. The van der Waals surface area contributed by atoms with Crippen LogP contribution in [-0.2, 0) is 20.4 Å². The van der Waals surface area contributed by atoms with Crippen molar-refractivity contribution in [3.8, 4) is 0 Å². The fraction of sp³-hybridized carbons (Fsp3) is 0.474. The number of allylic oxidation sites excluding steroid dienone is 1. The minimum Gasteiger partial charge on any atom is -0.492 e. The van der Waals surface area contributed by atoms with Crippen LogP contribution in [0.15, 0.2) is 17.9 Å². The number of benzene rings is 1. The molecular weight excluding hydrogens is 276 g/mol. The Labute approximate surface area is 131 Å². The molecule has 3 nitrogen and oxygen atoms in total. The molecule has 0 bridgehead atoms. The molecule has 0 fully saturated rings. The molecule has 0 radical (unpaired) electrons. The van der Waals surface area contributed by atoms with Crippen molar-refractivity contribution in [2.24, 2.45) is 0 Å². The topological polar surface area (TPSA) is 43.4 Å². The summed E-state index contributed by atoms with van der Waals surface area (Å²) in [4.78, 5) is 24.4. The second-order valence-corrected chi connectivity index (χ2v) is 7.62. The van der Waals surface area contributed by atoms with Crippen molar-refractivity contribution in [1.82, 2.24) is 0 Å². The Balaban J connectivity index is 2.30. The summed E-state index contributed by atoms with van der Waals surface area (Å²) in [5.74, 6) is -0.885. The van der Waals surface area contributed by atoms with Crippen LogP contribution in [0.4, 0.5) is 0 Å². The van der Waals surface area contributed by atoms with Gasteiger partial charge in [-0.3, -0.25) is 9.59 Å². The summed E-state index contributed by atoms with van der Waals surface area (Å²) in [6.45, 7) is 8.90. The Morgan fingerprint density at radius 2 is 1.45 bits per heavy atom. The van der Waals surface area contributed by atoms with Gasteiger partial charge in [0.05, 0.1) is 7.11 Å². The highest BCUT2D eigenvalue weighted by molar-refractivity contribution is 6.51. The number of fused-ring (bicyclic) bond motifs is 2. The molecule has 116 valence electrons. The molecule has 0 atom stereocenters. The molecule has 0 saturated heterocycles. The maximum absolute atomic E-state index is 12.4. The fourth-order valence-corrected chi connectivity index (χ4v) is 3.54. The average molecular weight is 298 g/mol. The molecule has 22 heavy (non-hydrogen) atoms. The largest absolute Gasteiger partial charge is 0.492 e. The molecule has 0 amide bonds. The lowest BCUT2D eigenvalue weighted by Gasteiger charge is -2.42. The van der Waals surface area contributed by atoms with E-state index in [-0.39, 0.29) is 16.6 Å². The third kappa shape index (κ3) is 2.03. The van der Waals surface area contributed by atoms with Crippen LogP contribution < -0.4 is 0 Å². The second-order valence-electron chi connectivity index (χ2n) is 7.62. The number of carbonyl (C=O) groups excluding carboxylic acids is 2. The van der Waals surface area contributed by atoms with E-state index in [1.54, 1.807) is 6.08 Å². The van der Waals surface area contributed by atoms with Gasteiger partial charge in [0, 0.05) is 5.56 Å². The summed E-state index contributed by atoms with van der Waals surface area (Å²) in [5.41, 5.74) is 3.87. The summed E-state index contributed by atoms with van der Waals surface area (Å²) < 4.78 is 5.06. The van der Waals surface area contributed by atoms with Crippen molar-refractivity contribution in [1.29, 1.82) is 0 Å². The average Bonchev–Trinajstić information content (AvgIpc) is 2.47. The van der Waals surface area contributed by atoms with Gasteiger partial charge >= 0.3 is 0 Å². The van der Waals surface area contributed by atoms with Crippen LogP contribution in [0.5, 0.6) is 0 Å². The quantitative estimate of drug-likeness (QED) is 0.741. The molecule has 0 heterocycles. The number of carbonyl (C=O) groups is 2. The molecule has 0 saturated carbocycles. The fourth-order valence-electron chi connectivity index (χ4n) is 3.54. The SMILES string of the molecule is COC1=Cc2cc3c(cc2C(=O)C1=O)C(C)(C)CCC3(C)C. The van der Waals surface area contributed by atoms with E-state index in [2.05, 4.69) is 33.8 Å². The molecule has 0 unspecified atom stereocenters. The number of ketones is 2. The number of rotatable bonds is 1. The van der Waals surface area contributed by atoms with Crippen molar-refractivity contribution < 1.29 is 14.3 Å². The van der Waals surface area contributed by atoms with Crippen LogP contribution in [0, 0.1) is 0 Å². The van der Waals surface area contributed by atoms with Crippen LogP contribution >= 0.6 is 0 Å². The first-order valence-electron chi connectivity index (χ1n) is 7.71. The molecule has 0 aliphatic heterocycles. The van der Waals surface area contributed by atoms with Crippen LogP contribution in [0.2, 0.25) is 0 Å². The maximum atomic E-state index is 12.4. The minimum atomic E-state index is -0.553. The van der Waals surface area contributed by atoms with Gasteiger partial charge in [-0.15, -0.1) is 0 Å². The number of Topliss-reactive ketones (excluding diaryl/α,β-unsaturated/α-hetero) is 2. The molecular formula is C19H22O3. The number of ether oxygens (including phenoxy) is 1. The Morgan fingerprint density at radius 3 is 2.00 bits per heavy atom. The molecule has 0 aromatic heterocycles. The van der Waals surface area contributed by atoms with E-state index < -0.39 is 11.6 Å². The van der Waals surface area contributed by atoms with Crippen LogP contribution in [0.1, 0.15) is 67.6 Å². The molecule has 2 aliphatic rings. The molecule has 3 heteroatoms. The summed E-state index contributed by atoms with van der Waals surface area (Å²) in [7, 11) is 1.42. The van der Waals surface area contributed by atoms with Gasteiger partial charge in [0.15, 0.2) is 5.76 Å². The summed E-state index contributed by atoms with van der Waals surface area (Å²) in [6, 6.07) is 4.02. The second kappa shape index (κ2) is 4.55. The molecule has 1 aromatic carbocycles. The Hall–Kier alpha value is -1.90. The van der Waals surface area contributed by atoms with Gasteiger partial charge in [0.1, 0.15) is 0 Å². The van der Waals surface area contributed by atoms with E-state index in [1.807, 2.05) is 6.07 Å². The normalized spacial score (nSPS) is 21.8. The zero-order valence-electron chi connectivity index (χ0n) is 13.9. The molecule has 0 N–H and O–H groups in total. The number of hydrogen-bond donors (Lipinski definition) is 0.